The van der Waals surface area contributed by atoms with Crippen LogP contribution >= 0.6 is 0 Å². The lowest BCUT2D eigenvalue weighted by atomic mass is 10.1. The molecule has 128 valence electrons. The zero-order valence-corrected chi connectivity index (χ0v) is 14.2. The van der Waals surface area contributed by atoms with Crippen molar-refractivity contribution in [2.45, 2.75) is 32.7 Å². The highest BCUT2D eigenvalue weighted by atomic mass is 19.1. The molecular weight excluding hydrogens is 319 g/mol. The maximum atomic E-state index is 13.5. The second kappa shape index (κ2) is 5.95. The van der Waals surface area contributed by atoms with Crippen molar-refractivity contribution in [2.75, 3.05) is 0 Å². The molecule has 4 rings (SSSR count). The van der Waals surface area contributed by atoms with E-state index < -0.39 is 0 Å². The Morgan fingerprint density at radius 2 is 2.16 bits per heavy atom. The molecule has 1 N–H and O–H groups in total. The van der Waals surface area contributed by atoms with Crippen molar-refractivity contribution in [3.8, 4) is 11.3 Å². The fraction of sp³-hybridized carbons (Fsp3) is 0.316. The second-order valence-corrected chi connectivity index (χ2v) is 6.68. The monoisotopic (exact) mass is 338 g/mol. The first kappa shape index (κ1) is 15.7. The summed E-state index contributed by atoms with van der Waals surface area (Å²) in [6, 6.07) is 8.27. The smallest absolute Gasteiger partial charge is 0.274 e. The first-order chi connectivity index (χ1) is 12.0. The predicted molar refractivity (Wildman–Crippen MR) is 92.8 cm³/mol. The lowest BCUT2D eigenvalue weighted by Gasteiger charge is -2.12. The highest BCUT2D eigenvalue weighted by molar-refractivity contribution is 5.98. The van der Waals surface area contributed by atoms with Gasteiger partial charge in [-0.25, -0.2) is 14.4 Å². The van der Waals surface area contributed by atoms with E-state index in [4.69, 9.17) is 0 Å². The van der Waals surface area contributed by atoms with E-state index in [-0.39, 0.29) is 17.8 Å². The summed E-state index contributed by atoms with van der Waals surface area (Å²) in [4.78, 5) is 21.4. The molecule has 2 aromatic heterocycles. The van der Waals surface area contributed by atoms with E-state index in [1.807, 2.05) is 19.9 Å². The third-order valence-corrected chi connectivity index (χ3v) is 4.72. The maximum absolute atomic E-state index is 13.5. The topological polar surface area (TPSA) is 59.3 Å². The van der Waals surface area contributed by atoms with Crippen molar-refractivity contribution in [1.82, 2.24) is 19.7 Å². The third kappa shape index (κ3) is 2.99. The van der Waals surface area contributed by atoms with E-state index in [2.05, 4.69) is 15.3 Å². The molecule has 1 saturated carbocycles. The third-order valence-electron chi connectivity index (χ3n) is 4.72. The van der Waals surface area contributed by atoms with E-state index >= 15 is 0 Å². The van der Waals surface area contributed by atoms with Gasteiger partial charge in [0.1, 0.15) is 12.1 Å². The molecule has 0 saturated heterocycles. The Bertz CT molecular complexity index is 961. The summed E-state index contributed by atoms with van der Waals surface area (Å²) in [7, 11) is 0. The number of amides is 1. The number of carbonyl (C=O) groups is 1. The van der Waals surface area contributed by atoms with Gasteiger partial charge in [0.15, 0.2) is 11.3 Å². The van der Waals surface area contributed by atoms with Crippen molar-refractivity contribution in [3.05, 3.63) is 53.9 Å². The van der Waals surface area contributed by atoms with Crippen LogP contribution in [0.4, 0.5) is 4.39 Å². The number of nitrogens with one attached hydrogen (secondary N) is 1. The van der Waals surface area contributed by atoms with E-state index in [0.717, 1.165) is 18.5 Å². The number of aryl methyl sites for hydroxylation is 1. The minimum atomic E-state index is -0.318. The Hall–Kier alpha value is -2.76. The number of imidazole rings is 1. The largest absolute Gasteiger partial charge is 0.348 e. The van der Waals surface area contributed by atoms with Gasteiger partial charge in [0.2, 0.25) is 0 Å². The summed E-state index contributed by atoms with van der Waals surface area (Å²) in [6.45, 7) is 3.93. The van der Waals surface area contributed by atoms with Gasteiger partial charge in [-0.3, -0.25) is 9.20 Å². The number of halogens is 1. The number of benzene rings is 1. The molecule has 1 amide bonds. The number of hydrogen-bond donors (Lipinski definition) is 1. The first-order valence-electron chi connectivity index (χ1n) is 8.44. The Balaban J connectivity index is 1.74. The number of carbonyl (C=O) groups excluding carboxylic acids is 1. The molecule has 0 aliphatic heterocycles. The number of aromatic nitrogens is 3. The average Bonchev–Trinajstić information content (AvgIpc) is 3.34. The normalized spacial score (nSPS) is 15.3. The van der Waals surface area contributed by atoms with Crippen LogP contribution in [0.25, 0.3) is 16.9 Å². The number of rotatable bonds is 4. The van der Waals surface area contributed by atoms with Gasteiger partial charge in [0.25, 0.3) is 5.91 Å². The fourth-order valence-electron chi connectivity index (χ4n) is 3.07. The predicted octanol–water partition coefficient (Wildman–Crippen LogP) is 3.37. The Labute approximate surface area is 144 Å². The van der Waals surface area contributed by atoms with Crippen molar-refractivity contribution in [1.29, 1.82) is 0 Å². The molecular formula is C19H19FN4O. The van der Waals surface area contributed by atoms with Gasteiger partial charge in [0, 0.05) is 17.3 Å². The molecule has 2 heterocycles. The second-order valence-electron chi connectivity index (χ2n) is 6.68. The minimum absolute atomic E-state index is 0.136. The summed E-state index contributed by atoms with van der Waals surface area (Å²) in [5.41, 5.74) is 2.96. The van der Waals surface area contributed by atoms with Gasteiger partial charge >= 0.3 is 0 Å². The first-order valence-corrected chi connectivity index (χ1v) is 8.44. The Kier molecular flexibility index (Phi) is 3.75. The van der Waals surface area contributed by atoms with Crippen LogP contribution in [-0.4, -0.2) is 26.3 Å². The van der Waals surface area contributed by atoms with Crippen LogP contribution in [0.5, 0.6) is 0 Å². The molecule has 3 aromatic rings. The lowest BCUT2D eigenvalue weighted by Crippen LogP contribution is -2.34. The summed E-state index contributed by atoms with van der Waals surface area (Å²) in [6.07, 6.45) is 3.92. The minimum Gasteiger partial charge on any atom is -0.348 e. The van der Waals surface area contributed by atoms with E-state index in [9.17, 15) is 9.18 Å². The standard InChI is InChI=1S/C19H19FN4O/c1-11-8-16(14-4-3-5-15(20)9-14)23-18-17(21-10-24(11)18)19(25)22-12(2)13-6-7-13/h3-5,8-10,12-13H,6-7H2,1-2H3,(H,22,25)/t12-/m0/s1. The molecule has 1 atom stereocenters. The molecule has 0 bridgehead atoms. The number of nitrogens with zero attached hydrogens (tertiary/aromatic N) is 3. The van der Waals surface area contributed by atoms with Gasteiger partial charge in [0.05, 0.1) is 5.69 Å². The maximum Gasteiger partial charge on any atom is 0.274 e. The van der Waals surface area contributed by atoms with Gasteiger partial charge in [-0.05, 0) is 50.8 Å². The van der Waals surface area contributed by atoms with Crippen molar-refractivity contribution < 1.29 is 9.18 Å². The zero-order chi connectivity index (χ0) is 17.6. The summed E-state index contributed by atoms with van der Waals surface area (Å²) >= 11 is 0. The van der Waals surface area contributed by atoms with E-state index in [1.165, 1.54) is 12.1 Å². The van der Waals surface area contributed by atoms with Crippen LogP contribution in [0, 0.1) is 18.7 Å². The average molecular weight is 338 g/mol. The Morgan fingerprint density at radius 3 is 2.88 bits per heavy atom. The summed E-state index contributed by atoms with van der Waals surface area (Å²) < 4.78 is 15.3. The quantitative estimate of drug-likeness (QED) is 0.793. The van der Waals surface area contributed by atoms with Gasteiger partial charge in [-0.2, -0.15) is 0 Å². The summed E-state index contributed by atoms with van der Waals surface area (Å²) in [5, 5.41) is 3.01. The zero-order valence-electron chi connectivity index (χ0n) is 14.2. The van der Waals surface area contributed by atoms with Crippen LogP contribution in [0.2, 0.25) is 0 Å². The fourth-order valence-corrected chi connectivity index (χ4v) is 3.07. The highest BCUT2D eigenvalue weighted by Crippen LogP contribution is 2.32. The number of hydrogen-bond acceptors (Lipinski definition) is 3. The molecule has 1 aromatic carbocycles. The molecule has 1 fully saturated rings. The molecule has 5 nitrogen and oxygen atoms in total. The highest BCUT2D eigenvalue weighted by Gasteiger charge is 2.30. The molecule has 6 heteroatoms. The Morgan fingerprint density at radius 1 is 1.36 bits per heavy atom. The van der Waals surface area contributed by atoms with Crippen molar-refractivity contribution in [2.24, 2.45) is 5.92 Å². The lowest BCUT2D eigenvalue weighted by molar-refractivity contribution is 0.0933. The molecule has 0 spiro atoms. The SMILES string of the molecule is Cc1cc(-c2cccc(F)c2)nc2c(C(=O)N[C@@H](C)C3CC3)ncn12. The molecule has 0 unspecified atom stereocenters. The van der Waals surface area contributed by atoms with Crippen LogP contribution in [-0.2, 0) is 0 Å². The van der Waals surface area contributed by atoms with Crippen LogP contribution in [0.3, 0.4) is 0 Å². The van der Waals surface area contributed by atoms with Crippen LogP contribution < -0.4 is 5.32 Å². The van der Waals surface area contributed by atoms with Crippen molar-refractivity contribution in [3.63, 3.8) is 0 Å². The molecule has 1 aliphatic carbocycles. The van der Waals surface area contributed by atoms with Crippen molar-refractivity contribution >= 4 is 11.6 Å². The van der Waals surface area contributed by atoms with E-state index in [0.29, 0.717) is 28.5 Å². The molecule has 1 aliphatic rings. The summed E-state index contributed by atoms with van der Waals surface area (Å²) in [5.74, 6) is 0.0298. The molecule has 0 radical (unpaired) electrons. The van der Waals surface area contributed by atoms with Crippen LogP contribution in [0.15, 0.2) is 36.7 Å². The molecule has 25 heavy (non-hydrogen) atoms. The van der Waals surface area contributed by atoms with Gasteiger partial charge < -0.3 is 5.32 Å². The van der Waals surface area contributed by atoms with Gasteiger partial charge in [-0.15, -0.1) is 0 Å². The van der Waals surface area contributed by atoms with E-state index in [1.54, 1.807) is 22.9 Å². The number of fused-ring (bicyclic) bond motifs is 1. The van der Waals surface area contributed by atoms with Crippen LogP contribution in [0.1, 0.15) is 35.9 Å². The van der Waals surface area contributed by atoms with Gasteiger partial charge in [-0.1, -0.05) is 12.1 Å².